The van der Waals surface area contributed by atoms with Crippen LogP contribution in [0.15, 0.2) is 24.8 Å². The van der Waals surface area contributed by atoms with Crippen LogP contribution in [0.3, 0.4) is 0 Å². The second-order valence-electron chi connectivity index (χ2n) is 1.31. The molecule has 0 aliphatic rings. The summed E-state index contributed by atoms with van der Waals surface area (Å²) in [5.41, 5.74) is 0. The number of H-pyrrole nitrogens is 2. The minimum atomic E-state index is 0. The van der Waals surface area contributed by atoms with Crippen LogP contribution in [0.1, 0.15) is 0 Å². The molecule has 0 radical (unpaired) electrons. The van der Waals surface area contributed by atoms with Crippen molar-refractivity contribution in [3.8, 4) is 0 Å². The van der Waals surface area contributed by atoms with Crippen molar-refractivity contribution in [2.24, 2.45) is 0 Å². The van der Waals surface area contributed by atoms with Crippen LogP contribution in [-0.2, 0) is 0 Å². The first-order valence-corrected chi connectivity index (χ1v) is 2.59. The van der Waals surface area contributed by atoms with E-state index in [-0.39, 0.29) is 13.5 Å². The smallest absolute Gasteiger partial charge is 0.0690 e. The lowest BCUT2D eigenvalue weighted by Crippen LogP contribution is -1.61. The van der Waals surface area contributed by atoms with E-state index in [0.29, 0.717) is 0 Å². The van der Waals surface area contributed by atoms with E-state index in [1.165, 1.54) is 0 Å². The van der Waals surface area contributed by atoms with Crippen LogP contribution in [-0.4, -0.2) is 30.8 Å². The molecular weight excluding hydrogens is 164 g/mol. The molecule has 2 rings (SSSR count). The summed E-state index contributed by atoms with van der Waals surface area (Å²) in [6.07, 6.45) is 6.33. The van der Waals surface area contributed by atoms with Crippen molar-refractivity contribution in [3.63, 3.8) is 0 Å². The summed E-state index contributed by atoms with van der Waals surface area (Å²) in [4.78, 5) is 0. The highest BCUT2D eigenvalue weighted by Gasteiger charge is 1.57. The van der Waals surface area contributed by atoms with Crippen molar-refractivity contribution in [3.05, 3.63) is 24.8 Å². The predicted molar refractivity (Wildman–Crippen MR) is 43.1 cm³/mol. The van der Waals surface area contributed by atoms with Crippen LogP contribution in [0.25, 0.3) is 0 Å². The van der Waals surface area contributed by atoms with Gasteiger partial charge in [-0.3, -0.25) is 0 Å². The average Bonchev–Trinajstić information content (AvgIpc) is 2.67. The first-order chi connectivity index (χ1) is 5.00. The molecular formula is C4H8N6S. The molecule has 7 heteroatoms. The molecule has 6 nitrogen and oxygen atoms in total. The van der Waals surface area contributed by atoms with E-state index in [1.807, 2.05) is 0 Å². The Kier molecular flexibility index (Phi) is 5.91. The highest BCUT2D eigenvalue weighted by Crippen LogP contribution is 1.56. The van der Waals surface area contributed by atoms with E-state index >= 15 is 0 Å². The van der Waals surface area contributed by atoms with Gasteiger partial charge in [0, 0.05) is 0 Å². The molecule has 11 heavy (non-hydrogen) atoms. The fraction of sp³-hybridized carbons (Fsp3) is 0. The minimum absolute atomic E-state index is 0. The van der Waals surface area contributed by atoms with Gasteiger partial charge < -0.3 is 0 Å². The number of aromatic nitrogens is 6. The van der Waals surface area contributed by atoms with Crippen molar-refractivity contribution in [2.75, 3.05) is 0 Å². The average molecular weight is 172 g/mol. The van der Waals surface area contributed by atoms with Gasteiger partial charge in [0.1, 0.15) is 0 Å². The summed E-state index contributed by atoms with van der Waals surface area (Å²) in [5, 5.41) is 18.7. The van der Waals surface area contributed by atoms with Crippen LogP contribution in [0.2, 0.25) is 0 Å². The third-order valence-corrected chi connectivity index (χ3v) is 0.662. The van der Waals surface area contributed by atoms with E-state index in [9.17, 15) is 0 Å². The van der Waals surface area contributed by atoms with Gasteiger partial charge in [0.2, 0.25) is 0 Å². The van der Waals surface area contributed by atoms with E-state index in [4.69, 9.17) is 0 Å². The highest BCUT2D eigenvalue weighted by molar-refractivity contribution is 7.59. The molecule has 0 fully saturated rings. The van der Waals surface area contributed by atoms with E-state index < -0.39 is 0 Å². The molecule has 0 atom stereocenters. The summed E-state index contributed by atoms with van der Waals surface area (Å²) in [6.45, 7) is 0. The Morgan fingerprint density at radius 3 is 1.00 bits per heavy atom. The van der Waals surface area contributed by atoms with Crippen LogP contribution < -0.4 is 0 Å². The summed E-state index contributed by atoms with van der Waals surface area (Å²) < 4.78 is 0. The predicted octanol–water partition coefficient (Wildman–Crippen LogP) is -0.278. The Hall–Kier alpha value is -1.37. The van der Waals surface area contributed by atoms with Crippen molar-refractivity contribution >= 4 is 13.5 Å². The Labute approximate surface area is 69.9 Å². The maximum Gasteiger partial charge on any atom is 0.0690 e. The molecule has 2 heterocycles. The Morgan fingerprint density at radius 1 is 0.636 bits per heavy atom. The zero-order chi connectivity index (χ0) is 7.07. The van der Waals surface area contributed by atoms with Crippen LogP contribution in [0.5, 0.6) is 0 Å². The zero-order valence-corrected chi connectivity index (χ0v) is 6.60. The van der Waals surface area contributed by atoms with Crippen LogP contribution in [0, 0.1) is 0 Å². The lowest BCUT2D eigenvalue weighted by Gasteiger charge is -1.48. The van der Waals surface area contributed by atoms with Gasteiger partial charge in [-0.05, 0) is 0 Å². The van der Waals surface area contributed by atoms with Gasteiger partial charge in [0.15, 0.2) is 0 Å². The molecule has 2 aromatic rings. The largest absolute Gasteiger partial charge is 0.198 e. The first-order valence-electron chi connectivity index (χ1n) is 2.59. The number of hydrogen-bond donors (Lipinski definition) is 2. The van der Waals surface area contributed by atoms with E-state index in [1.54, 1.807) is 24.8 Å². The molecule has 0 saturated heterocycles. The first kappa shape index (κ1) is 9.63. The zero-order valence-electron chi connectivity index (χ0n) is 5.60. The van der Waals surface area contributed by atoms with Crippen molar-refractivity contribution < 1.29 is 0 Å². The third-order valence-electron chi connectivity index (χ3n) is 0.662. The van der Waals surface area contributed by atoms with Gasteiger partial charge in [-0.1, -0.05) is 0 Å². The van der Waals surface area contributed by atoms with Crippen molar-refractivity contribution in [2.45, 2.75) is 0 Å². The standard InChI is InChI=1S/2C2H3N3.H2S/c2*1-2-4-5-3-1;/h2*1-2H,(H,3,4,5);1H2. The molecule has 0 spiro atoms. The van der Waals surface area contributed by atoms with E-state index in [2.05, 4.69) is 30.8 Å². The van der Waals surface area contributed by atoms with Gasteiger partial charge >= 0.3 is 0 Å². The molecule has 2 aromatic heterocycles. The Balaban J connectivity index is 0.000000167. The molecule has 60 valence electrons. The normalized spacial score (nSPS) is 7.27. The quantitative estimate of drug-likeness (QED) is 0.572. The fourth-order valence-corrected chi connectivity index (χ4v) is 0.333. The topological polar surface area (TPSA) is 83.1 Å². The van der Waals surface area contributed by atoms with Crippen LogP contribution in [0.4, 0.5) is 0 Å². The number of aromatic amines is 2. The molecule has 0 amide bonds. The van der Waals surface area contributed by atoms with Crippen molar-refractivity contribution in [1.82, 2.24) is 30.8 Å². The Morgan fingerprint density at radius 2 is 0.909 bits per heavy atom. The number of rotatable bonds is 0. The molecule has 0 aromatic carbocycles. The molecule has 2 N–H and O–H groups in total. The maximum absolute atomic E-state index is 3.49. The summed E-state index contributed by atoms with van der Waals surface area (Å²) in [7, 11) is 0. The third kappa shape index (κ3) is 5.09. The molecule has 0 unspecified atom stereocenters. The summed E-state index contributed by atoms with van der Waals surface area (Å²) in [6, 6.07) is 0. The number of nitrogens with one attached hydrogen (secondary N) is 2. The van der Waals surface area contributed by atoms with E-state index in [0.717, 1.165) is 0 Å². The monoisotopic (exact) mass is 172 g/mol. The SMILES string of the molecule is S.c1cn[nH]n1.c1cn[nH]n1. The highest BCUT2D eigenvalue weighted by atomic mass is 32.1. The number of nitrogens with zero attached hydrogens (tertiary/aromatic N) is 4. The van der Waals surface area contributed by atoms with Gasteiger partial charge in [-0.25, -0.2) is 0 Å². The van der Waals surface area contributed by atoms with Gasteiger partial charge in [0.25, 0.3) is 0 Å². The molecule has 0 bridgehead atoms. The van der Waals surface area contributed by atoms with Crippen molar-refractivity contribution in [1.29, 1.82) is 0 Å². The second-order valence-corrected chi connectivity index (χ2v) is 1.31. The van der Waals surface area contributed by atoms with Gasteiger partial charge in [-0.2, -0.15) is 44.3 Å². The van der Waals surface area contributed by atoms with Gasteiger partial charge in [-0.15, -0.1) is 0 Å². The summed E-state index contributed by atoms with van der Waals surface area (Å²) in [5.74, 6) is 0. The minimum Gasteiger partial charge on any atom is -0.198 e. The number of hydrogen-bond acceptors (Lipinski definition) is 4. The van der Waals surface area contributed by atoms with Gasteiger partial charge in [0.05, 0.1) is 24.8 Å². The lowest BCUT2D eigenvalue weighted by molar-refractivity contribution is 0.940. The fourth-order valence-electron chi connectivity index (χ4n) is 0.333. The molecule has 0 aliphatic carbocycles. The second kappa shape index (κ2) is 6.75. The summed E-state index contributed by atoms with van der Waals surface area (Å²) >= 11 is 0. The lowest BCUT2D eigenvalue weighted by atomic mass is 11.0. The Bertz CT molecular complexity index is 154. The maximum atomic E-state index is 3.49. The molecule has 0 aliphatic heterocycles. The molecule has 0 saturated carbocycles. The van der Waals surface area contributed by atoms with Crippen LogP contribution >= 0.6 is 13.5 Å².